The van der Waals surface area contributed by atoms with Gasteiger partial charge in [-0.1, -0.05) is 53.5 Å². The number of hydrogen-bond donors (Lipinski definition) is 1. The van der Waals surface area contributed by atoms with Crippen LogP contribution in [0.15, 0.2) is 58.7 Å². The van der Waals surface area contributed by atoms with E-state index in [2.05, 4.69) is 32.9 Å². The third kappa shape index (κ3) is 5.71. The Morgan fingerprint density at radius 2 is 1.91 bits per heavy atom. The van der Waals surface area contributed by atoms with Crippen molar-refractivity contribution in [3.05, 3.63) is 59.3 Å². The van der Waals surface area contributed by atoms with Gasteiger partial charge < -0.3 is 19.9 Å². The van der Waals surface area contributed by atoms with Crippen LogP contribution >= 0.6 is 45.8 Å². The predicted molar refractivity (Wildman–Crippen MR) is 138 cm³/mol. The second kappa shape index (κ2) is 10.3. The van der Waals surface area contributed by atoms with Gasteiger partial charge in [-0.15, -0.1) is 0 Å². The minimum atomic E-state index is -1.20. The molecule has 8 nitrogen and oxygen atoms in total. The molecule has 0 saturated heterocycles. The Bertz CT molecular complexity index is 999. The number of rotatable bonds is 8. The maximum atomic E-state index is 13.0. The Hall–Kier alpha value is -1.66. The van der Waals surface area contributed by atoms with Crippen molar-refractivity contribution in [3.8, 4) is 0 Å². The average molecular weight is 606 g/mol. The number of nitrogens with one attached hydrogen (secondary N) is 1. The number of allylic oxidation sites excluding steroid dienone is 2. The molecule has 2 amide bonds. The molecule has 0 fully saturated rings. The van der Waals surface area contributed by atoms with Gasteiger partial charge in [-0.05, 0) is 55.8 Å². The highest BCUT2D eigenvalue weighted by Crippen LogP contribution is 2.51. The Kier molecular flexibility index (Phi) is 8.11. The normalized spacial score (nSPS) is 24.8. The molecule has 0 bridgehead atoms. The van der Waals surface area contributed by atoms with E-state index in [-0.39, 0.29) is 24.9 Å². The van der Waals surface area contributed by atoms with E-state index in [1.807, 2.05) is 30.3 Å². The van der Waals surface area contributed by atoms with Crippen molar-refractivity contribution in [3.63, 3.8) is 0 Å². The van der Waals surface area contributed by atoms with Gasteiger partial charge in [0.1, 0.15) is 5.84 Å². The molecule has 3 unspecified atom stereocenters. The van der Waals surface area contributed by atoms with E-state index in [0.29, 0.717) is 10.9 Å². The summed E-state index contributed by atoms with van der Waals surface area (Å²) in [5.41, 5.74) is 0.743. The number of carbonyl (C=O) groups excluding carboxylic acids is 2. The van der Waals surface area contributed by atoms with Crippen LogP contribution in [0, 0.1) is 0 Å². The number of amidine groups is 1. The van der Waals surface area contributed by atoms with Gasteiger partial charge in [0.2, 0.25) is 15.5 Å². The quantitative estimate of drug-likeness (QED) is 0.213. The molecule has 0 radical (unpaired) electrons. The smallest absolute Gasteiger partial charge is 0.244 e. The maximum Gasteiger partial charge on any atom is 0.244 e. The van der Waals surface area contributed by atoms with Crippen molar-refractivity contribution >= 4 is 63.4 Å². The van der Waals surface area contributed by atoms with E-state index in [9.17, 15) is 9.59 Å². The molecule has 178 valence electrons. The maximum absolute atomic E-state index is 13.0. The van der Waals surface area contributed by atoms with E-state index in [1.54, 1.807) is 56.2 Å². The predicted octanol–water partition coefficient (Wildman–Crippen LogP) is 3.25. The van der Waals surface area contributed by atoms with E-state index in [4.69, 9.17) is 27.9 Å². The number of halogens is 3. The molecule has 0 spiro atoms. The van der Waals surface area contributed by atoms with Gasteiger partial charge in [0.05, 0.1) is 18.1 Å². The lowest BCUT2D eigenvalue weighted by Crippen LogP contribution is -2.54. The third-order valence-corrected chi connectivity index (χ3v) is 7.79. The summed E-state index contributed by atoms with van der Waals surface area (Å²) in [4.78, 5) is 33.4. The van der Waals surface area contributed by atoms with Crippen molar-refractivity contribution in [1.29, 1.82) is 0 Å². The number of amides is 2. The van der Waals surface area contributed by atoms with Crippen LogP contribution in [0.5, 0.6) is 0 Å². The topological polar surface area (TPSA) is 77.5 Å². The zero-order valence-corrected chi connectivity index (χ0v) is 22.4. The molecule has 0 aliphatic carbocycles. The zero-order valence-electron chi connectivity index (χ0n) is 18.8. The van der Waals surface area contributed by atoms with Gasteiger partial charge >= 0.3 is 0 Å². The minimum absolute atomic E-state index is 0.164. The van der Waals surface area contributed by atoms with Crippen LogP contribution in [-0.4, -0.2) is 75.3 Å². The first-order chi connectivity index (χ1) is 15.4. The molecule has 2 aliphatic rings. The number of fused-ring (bicyclic) bond motifs is 1. The van der Waals surface area contributed by atoms with Gasteiger partial charge in [-0.25, -0.2) is 4.99 Å². The van der Waals surface area contributed by atoms with Crippen LogP contribution in [0.1, 0.15) is 18.7 Å². The molecule has 0 saturated carbocycles. The standard InChI is InChI=1S/C22H26Cl2IN5O3/c1-21(24)22(25,30-13-16(23)10-11-17(30)27-21)33-20(15-8-6-5-7-9-15)29(4)19(32)12-26-18(31)14-28(2)3/h5-11,13,20H,12,14H2,1-4H3,(H,26,31). The lowest BCUT2D eigenvalue weighted by molar-refractivity contribution is -0.165. The number of carbonyl (C=O) groups is 2. The molecule has 1 N–H and O–H groups in total. The summed E-state index contributed by atoms with van der Waals surface area (Å²) < 4.78 is 5.39. The third-order valence-electron chi connectivity index (χ3n) is 5.08. The highest BCUT2D eigenvalue weighted by atomic mass is 127. The van der Waals surface area contributed by atoms with Gasteiger partial charge in [-0.2, -0.15) is 0 Å². The van der Waals surface area contributed by atoms with Crippen molar-refractivity contribution in [2.24, 2.45) is 4.99 Å². The number of ether oxygens (including phenoxy) is 1. The molecule has 11 heteroatoms. The van der Waals surface area contributed by atoms with E-state index in [1.165, 1.54) is 4.90 Å². The van der Waals surface area contributed by atoms with Gasteiger partial charge in [-0.3, -0.25) is 14.5 Å². The van der Waals surface area contributed by atoms with Crippen LogP contribution in [0.2, 0.25) is 0 Å². The molecular formula is C22H26Cl2IN5O3. The molecule has 3 atom stereocenters. The van der Waals surface area contributed by atoms with Crippen molar-refractivity contribution in [2.75, 3.05) is 34.2 Å². The Morgan fingerprint density at radius 1 is 1.24 bits per heavy atom. The van der Waals surface area contributed by atoms with Crippen LogP contribution in [0.25, 0.3) is 0 Å². The van der Waals surface area contributed by atoms with Crippen molar-refractivity contribution in [1.82, 2.24) is 20.0 Å². The summed E-state index contributed by atoms with van der Waals surface area (Å²) in [6.45, 7) is 1.77. The number of aliphatic imine (C=N–C) groups is 1. The summed E-state index contributed by atoms with van der Waals surface area (Å²) in [7, 11) is 5.19. The first-order valence-electron chi connectivity index (χ1n) is 10.2. The summed E-state index contributed by atoms with van der Waals surface area (Å²) in [5.74, 6) is 0.0351. The number of alkyl halides is 2. The fourth-order valence-electron chi connectivity index (χ4n) is 3.37. The molecule has 1 aromatic rings. The molecular weight excluding hydrogens is 580 g/mol. The summed E-state index contributed by atoms with van der Waals surface area (Å²) >= 11 is 15.2. The Morgan fingerprint density at radius 3 is 2.55 bits per heavy atom. The first kappa shape index (κ1) is 26.0. The largest absolute Gasteiger partial charge is 0.346 e. The number of nitrogens with zero attached hydrogens (tertiary/aromatic N) is 4. The lowest BCUT2D eigenvalue weighted by Gasteiger charge is -2.43. The van der Waals surface area contributed by atoms with E-state index >= 15 is 0 Å². The Labute approximate surface area is 217 Å². The number of likely N-dealkylation sites (N-methyl/N-ethyl adjacent to an activating group) is 2. The first-order valence-corrected chi connectivity index (χ1v) is 12.0. The van der Waals surface area contributed by atoms with Crippen LogP contribution < -0.4 is 5.32 Å². The lowest BCUT2D eigenvalue weighted by atomic mass is 10.1. The molecule has 1 aromatic carbocycles. The average Bonchev–Trinajstić information content (AvgIpc) is 2.95. The summed E-state index contributed by atoms with van der Waals surface area (Å²) in [6, 6.07) is 9.32. The van der Waals surface area contributed by atoms with Gasteiger partial charge in [0.15, 0.2) is 11.2 Å². The summed E-state index contributed by atoms with van der Waals surface area (Å²) in [6.07, 6.45) is 4.38. The van der Waals surface area contributed by atoms with Crippen LogP contribution in [0.3, 0.4) is 0 Å². The highest BCUT2D eigenvalue weighted by Gasteiger charge is 2.58. The van der Waals surface area contributed by atoms with E-state index < -0.39 is 15.0 Å². The Balaban J connectivity index is 1.87. The SMILES string of the molecule is CN(C)CC(=O)NCC(=O)N(C)C(OC1(I)N2C=C(Cl)C=CC2=NC1(C)Cl)c1ccccc1. The number of hydrogen-bond acceptors (Lipinski definition) is 6. The van der Waals surface area contributed by atoms with Crippen LogP contribution in [0.4, 0.5) is 0 Å². The monoisotopic (exact) mass is 605 g/mol. The van der Waals surface area contributed by atoms with Gasteiger partial charge in [0.25, 0.3) is 0 Å². The second-order valence-electron chi connectivity index (χ2n) is 8.10. The fourth-order valence-corrected chi connectivity index (χ4v) is 4.50. The van der Waals surface area contributed by atoms with E-state index in [0.717, 1.165) is 5.56 Å². The second-order valence-corrected chi connectivity index (χ2v) is 10.7. The van der Waals surface area contributed by atoms with Crippen molar-refractivity contribution in [2.45, 2.75) is 21.9 Å². The van der Waals surface area contributed by atoms with Crippen LogP contribution in [-0.2, 0) is 14.3 Å². The molecule has 0 aromatic heterocycles. The minimum Gasteiger partial charge on any atom is -0.346 e. The fraction of sp³-hybridized carbons (Fsp3) is 0.409. The molecule has 3 rings (SSSR count). The van der Waals surface area contributed by atoms with Crippen molar-refractivity contribution < 1.29 is 14.3 Å². The van der Waals surface area contributed by atoms with Gasteiger partial charge in [0, 0.05) is 18.8 Å². The summed E-state index contributed by atoms with van der Waals surface area (Å²) in [5, 5.41) is 3.14. The highest BCUT2D eigenvalue weighted by molar-refractivity contribution is 14.1. The zero-order chi connectivity index (χ0) is 24.4. The molecule has 2 aliphatic heterocycles. The molecule has 33 heavy (non-hydrogen) atoms. The molecule has 2 heterocycles. The number of benzene rings is 1.